The van der Waals surface area contributed by atoms with E-state index in [9.17, 15) is 19.5 Å². The van der Waals surface area contributed by atoms with E-state index >= 15 is 0 Å². The number of nitrogens with one attached hydrogen (secondary N) is 1. The van der Waals surface area contributed by atoms with Crippen LogP contribution in [0.15, 0.2) is 24.3 Å². The summed E-state index contributed by atoms with van der Waals surface area (Å²) in [5.41, 5.74) is -0.0224. The van der Waals surface area contributed by atoms with Gasteiger partial charge in [0.05, 0.1) is 17.4 Å². The van der Waals surface area contributed by atoms with Crippen molar-refractivity contribution >= 4 is 29.4 Å². The van der Waals surface area contributed by atoms with Crippen LogP contribution in [0.25, 0.3) is 0 Å². The third kappa shape index (κ3) is 2.98. The second kappa shape index (κ2) is 6.09. The van der Waals surface area contributed by atoms with Crippen LogP contribution in [0.1, 0.15) is 30.9 Å². The molecule has 7 heteroatoms. The fourth-order valence-corrected chi connectivity index (χ4v) is 3.45. The summed E-state index contributed by atoms with van der Waals surface area (Å²) >= 11 is 6.03. The van der Waals surface area contributed by atoms with Gasteiger partial charge in [-0.2, -0.15) is 0 Å². The van der Waals surface area contributed by atoms with E-state index in [0.717, 1.165) is 5.56 Å². The molecular weight excluding hydrogens is 332 g/mol. The highest BCUT2D eigenvalue weighted by molar-refractivity contribution is 6.30. The molecule has 2 unspecified atom stereocenters. The Bertz CT molecular complexity index is 702. The van der Waals surface area contributed by atoms with Gasteiger partial charge in [0.1, 0.15) is 0 Å². The summed E-state index contributed by atoms with van der Waals surface area (Å²) in [5.74, 6) is -1.83. The van der Waals surface area contributed by atoms with Crippen LogP contribution in [0, 0.1) is 11.3 Å². The van der Waals surface area contributed by atoms with E-state index in [4.69, 9.17) is 11.6 Å². The molecule has 2 fully saturated rings. The third-order valence-electron chi connectivity index (χ3n) is 5.02. The second-order valence-corrected chi connectivity index (χ2v) is 7.05. The van der Waals surface area contributed by atoms with E-state index in [1.807, 2.05) is 6.07 Å². The van der Waals surface area contributed by atoms with Gasteiger partial charge in [0.15, 0.2) is 0 Å². The van der Waals surface area contributed by atoms with Crippen molar-refractivity contribution in [3.63, 3.8) is 0 Å². The monoisotopic (exact) mass is 350 g/mol. The van der Waals surface area contributed by atoms with Crippen molar-refractivity contribution in [3.05, 3.63) is 34.9 Å². The number of carboxylic acids is 1. The Kier molecular flexibility index (Phi) is 4.25. The molecule has 1 aliphatic carbocycles. The molecule has 2 aliphatic rings. The summed E-state index contributed by atoms with van der Waals surface area (Å²) < 4.78 is 0. The second-order valence-electron chi connectivity index (χ2n) is 6.62. The van der Waals surface area contributed by atoms with Gasteiger partial charge in [0, 0.05) is 25.0 Å². The Labute approximate surface area is 144 Å². The van der Waals surface area contributed by atoms with Crippen molar-refractivity contribution in [2.75, 3.05) is 13.6 Å². The number of nitrogens with zero attached hydrogens (tertiary/aromatic N) is 1. The van der Waals surface area contributed by atoms with Crippen LogP contribution in [-0.4, -0.2) is 41.4 Å². The van der Waals surface area contributed by atoms with E-state index in [2.05, 4.69) is 5.32 Å². The van der Waals surface area contributed by atoms with Gasteiger partial charge in [-0.05, 0) is 30.5 Å². The Morgan fingerprint density at radius 1 is 1.42 bits per heavy atom. The number of hydrogen-bond acceptors (Lipinski definition) is 3. The molecule has 1 aromatic carbocycles. The van der Waals surface area contributed by atoms with Gasteiger partial charge in [-0.1, -0.05) is 23.7 Å². The quantitative estimate of drug-likeness (QED) is 0.848. The maximum absolute atomic E-state index is 12.6. The van der Waals surface area contributed by atoms with Crippen molar-refractivity contribution in [3.8, 4) is 0 Å². The first kappa shape index (κ1) is 16.8. The number of amides is 2. The molecule has 1 heterocycles. The molecule has 0 spiro atoms. The number of benzene rings is 1. The van der Waals surface area contributed by atoms with Crippen molar-refractivity contribution in [2.24, 2.45) is 11.3 Å². The van der Waals surface area contributed by atoms with Gasteiger partial charge in [-0.25, -0.2) is 0 Å². The lowest BCUT2D eigenvalue weighted by atomic mass is 9.92. The molecule has 128 valence electrons. The zero-order valence-electron chi connectivity index (χ0n) is 13.3. The number of carbonyl (C=O) groups is 3. The lowest BCUT2D eigenvalue weighted by molar-refractivity contribution is -0.143. The molecule has 0 bridgehead atoms. The minimum atomic E-state index is -0.881. The Hall–Kier alpha value is -2.08. The van der Waals surface area contributed by atoms with Crippen LogP contribution in [0.4, 0.5) is 0 Å². The van der Waals surface area contributed by atoms with Gasteiger partial charge >= 0.3 is 5.97 Å². The van der Waals surface area contributed by atoms with Gasteiger partial charge in [0.25, 0.3) is 0 Å². The number of aliphatic carboxylic acids is 1. The minimum absolute atomic E-state index is 0.109. The van der Waals surface area contributed by atoms with E-state index in [1.165, 1.54) is 0 Å². The summed E-state index contributed by atoms with van der Waals surface area (Å²) in [4.78, 5) is 37.5. The number of hydrogen-bond donors (Lipinski definition) is 2. The molecule has 1 saturated heterocycles. The average molecular weight is 351 g/mol. The predicted octanol–water partition coefficient (Wildman–Crippen LogP) is 1.84. The van der Waals surface area contributed by atoms with Crippen molar-refractivity contribution < 1.29 is 19.5 Å². The van der Waals surface area contributed by atoms with Crippen LogP contribution in [0.2, 0.25) is 5.02 Å². The molecule has 0 radical (unpaired) electrons. The average Bonchev–Trinajstić information content (AvgIpc) is 3.27. The number of halogens is 1. The Morgan fingerprint density at radius 3 is 2.71 bits per heavy atom. The van der Waals surface area contributed by atoms with Crippen molar-refractivity contribution in [1.29, 1.82) is 0 Å². The highest BCUT2D eigenvalue weighted by Gasteiger charge is 2.51. The van der Waals surface area contributed by atoms with E-state index in [1.54, 1.807) is 30.1 Å². The van der Waals surface area contributed by atoms with Crippen molar-refractivity contribution in [2.45, 2.75) is 25.3 Å². The SMILES string of the molecule is CN1C(=O)CC(C(=O)NCC2(C(=O)O)CC2)C1c1cccc(Cl)c1. The summed E-state index contributed by atoms with van der Waals surface area (Å²) in [6, 6.07) is 6.72. The number of carbonyl (C=O) groups excluding carboxylic acids is 2. The molecular formula is C17H19ClN2O4. The molecule has 2 N–H and O–H groups in total. The summed E-state index contributed by atoms with van der Waals surface area (Å²) in [6.45, 7) is 0.109. The Morgan fingerprint density at radius 2 is 2.12 bits per heavy atom. The number of rotatable bonds is 5. The molecule has 24 heavy (non-hydrogen) atoms. The molecule has 6 nitrogen and oxygen atoms in total. The molecule has 1 aromatic rings. The predicted molar refractivity (Wildman–Crippen MR) is 87.4 cm³/mol. The van der Waals surface area contributed by atoms with E-state index in [0.29, 0.717) is 17.9 Å². The lowest BCUT2D eigenvalue weighted by Gasteiger charge is -2.25. The molecule has 3 rings (SSSR count). The van der Waals surface area contributed by atoms with E-state index < -0.39 is 23.3 Å². The van der Waals surface area contributed by atoms with Gasteiger partial charge in [-0.3, -0.25) is 14.4 Å². The largest absolute Gasteiger partial charge is 0.481 e. The van der Waals surface area contributed by atoms with Crippen LogP contribution in [0.5, 0.6) is 0 Å². The zero-order chi connectivity index (χ0) is 17.5. The van der Waals surface area contributed by atoms with Gasteiger partial charge < -0.3 is 15.3 Å². The highest BCUT2D eigenvalue weighted by atomic mass is 35.5. The molecule has 1 saturated carbocycles. The fraction of sp³-hybridized carbons (Fsp3) is 0.471. The van der Waals surface area contributed by atoms with Crippen LogP contribution in [0.3, 0.4) is 0 Å². The van der Waals surface area contributed by atoms with Crippen LogP contribution < -0.4 is 5.32 Å². The molecule has 2 atom stereocenters. The van der Waals surface area contributed by atoms with Crippen molar-refractivity contribution in [1.82, 2.24) is 10.2 Å². The lowest BCUT2D eigenvalue weighted by Crippen LogP contribution is -2.39. The number of likely N-dealkylation sites (tertiary alicyclic amines) is 1. The van der Waals surface area contributed by atoms with Gasteiger partial charge in [0.2, 0.25) is 11.8 Å². The first-order valence-corrected chi connectivity index (χ1v) is 8.24. The maximum Gasteiger partial charge on any atom is 0.311 e. The zero-order valence-corrected chi connectivity index (χ0v) is 14.0. The first-order valence-electron chi connectivity index (χ1n) is 7.86. The standard InChI is InChI=1S/C17H19ClN2O4/c1-20-13(21)8-12(14(20)10-3-2-4-11(18)7-10)15(22)19-9-17(5-6-17)16(23)24/h2-4,7,12,14H,5-6,8-9H2,1H3,(H,19,22)(H,23,24). The first-order chi connectivity index (χ1) is 11.3. The highest BCUT2D eigenvalue weighted by Crippen LogP contribution is 2.45. The smallest absolute Gasteiger partial charge is 0.311 e. The minimum Gasteiger partial charge on any atom is -0.481 e. The fourth-order valence-electron chi connectivity index (χ4n) is 3.26. The summed E-state index contributed by atoms with van der Waals surface area (Å²) in [6.07, 6.45) is 1.26. The normalized spacial score (nSPS) is 24.8. The summed E-state index contributed by atoms with van der Waals surface area (Å²) in [5, 5.41) is 12.5. The summed E-state index contributed by atoms with van der Waals surface area (Å²) in [7, 11) is 1.67. The Balaban J connectivity index is 1.76. The molecule has 1 aliphatic heterocycles. The van der Waals surface area contributed by atoms with Crippen LogP contribution >= 0.6 is 11.6 Å². The molecule has 2 amide bonds. The maximum atomic E-state index is 12.6. The third-order valence-corrected chi connectivity index (χ3v) is 5.26. The topological polar surface area (TPSA) is 86.7 Å². The number of carboxylic acid groups (broad SMARTS) is 1. The van der Waals surface area contributed by atoms with Crippen LogP contribution in [-0.2, 0) is 14.4 Å². The van der Waals surface area contributed by atoms with E-state index in [-0.39, 0.29) is 24.8 Å². The molecule has 0 aromatic heterocycles. The van der Waals surface area contributed by atoms with Gasteiger partial charge in [-0.15, -0.1) is 0 Å².